The lowest BCUT2D eigenvalue weighted by Gasteiger charge is -2.61. The second-order valence-electron chi connectivity index (χ2n) is 12.5. The summed E-state index contributed by atoms with van der Waals surface area (Å²) in [6, 6.07) is 0. The minimum absolute atomic E-state index is 0.00221. The Bertz CT molecular complexity index is 921. The van der Waals surface area contributed by atoms with Crippen LogP contribution in [0.25, 0.3) is 0 Å². The van der Waals surface area contributed by atoms with Gasteiger partial charge in [0.15, 0.2) is 0 Å². The first-order valence-corrected chi connectivity index (χ1v) is 13.4. The molecule has 37 heavy (non-hydrogen) atoms. The van der Waals surface area contributed by atoms with Gasteiger partial charge in [-0.25, -0.2) is 8.78 Å². The highest BCUT2D eigenvalue weighted by molar-refractivity contribution is 5.86. The molecule has 0 spiro atoms. The van der Waals surface area contributed by atoms with Crippen molar-refractivity contribution in [3.8, 4) is 0 Å². The van der Waals surface area contributed by atoms with E-state index >= 15 is 0 Å². The van der Waals surface area contributed by atoms with Crippen LogP contribution in [0, 0.1) is 46.3 Å². The third-order valence-corrected chi connectivity index (χ3v) is 10.8. The van der Waals surface area contributed by atoms with Crippen molar-refractivity contribution in [2.45, 2.75) is 103 Å². The summed E-state index contributed by atoms with van der Waals surface area (Å²) in [6.07, 6.45) is -9.76. The summed E-state index contributed by atoms with van der Waals surface area (Å²) >= 11 is 0. The molecule has 4 rings (SSSR count). The van der Waals surface area contributed by atoms with Gasteiger partial charge in [-0.1, -0.05) is 20.8 Å². The summed E-state index contributed by atoms with van der Waals surface area (Å²) in [5.41, 5.74) is -0.784. The number of carbonyl (C=O) groups excluding carboxylic acids is 3. The average molecular weight is 537 g/mol. The summed E-state index contributed by atoms with van der Waals surface area (Å²) in [5.74, 6) is -1.51. The molecule has 4 saturated carbocycles. The number of hydrogen-bond donors (Lipinski definition) is 1. The molecular weight excluding hydrogens is 499 g/mol. The molecular formula is C27H37F5O5. The number of aliphatic hydroxyl groups is 1. The fourth-order valence-corrected chi connectivity index (χ4v) is 8.67. The number of hydrogen-bond acceptors (Lipinski definition) is 5. The first kappa shape index (κ1) is 28.4. The first-order valence-electron chi connectivity index (χ1n) is 13.4. The van der Waals surface area contributed by atoms with Crippen molar-refractivity contribution in [3.63, 3.8) is 0 Å². The molecule has 1 N–H and O–H groups in total. The lowest BCUT2D eigenvalue weighted by Crippen LogP contribution is -2.61. The normalized spacial score (nSPS) is 41.6. The molecule has 0 amide bonds. The van der Waals surface area contributed by atoms with Gasteiger partial charge in [-0.05, 0) is 67.1 Å². The summed E-state index contributed by atoms with van der Waals surface area (Å²) in [7, 11) is 0. The van der Waals surface area contributed by atoms with Gasteiger partial charge in [0, 0.05) is 37.0 Å². The fraction of sp³-hybridized carbons (Fsp3) is 0.889. The number of ether oxygens (including phenoxy) is 1. The third-order valence-electron chi connectivity index (χ3n) is 10.8. The molecule has 0 radical (unpaired) electrons. The molecule has 0 bridgehead atoms. The van der Waals surface area contributed by atoms with E-state index in [9.17, 15) is 41.4 Å². The molecule has 10 atom stereocenters. The minimum Gasteiger partial charge on any atom is -0.446 e. The molecule has 0 aromatic heterocycles. The highest BCUT2D eigenvalue weighted by Crippen LogP contribution is 2.67. The van der Waals surface area contributed by atoms with Gasteiger partial charge in [0.05, 0.1) is 6.10 Å². The van der Waals surface area contributed by atoms with Gasteiger partial charge in [0.2, 0.25) is 0 Å². The van der Waals surface area contributed by atoms with Crippen LogP contribution < -0.4 is 0 Å². The zero-order valence-corrected chi connectivity index (χ0v) is 21.5. The van der Waals surface area contributed by atoms with Crippen molar-refractivity contribution >= 4 is 17.5 Å². The van der Waals surface area contributed by atoms with E-state index in [1.165, 1.54) is 0 Å². The van der Waals surface area contributed by atoms with Crippen LogP contribution in [0.2, 0.25) is 0 Å². The molecule has 0 heterocycles. The van der Waals surface area contributed by atoms with Gasteiger partial charge < -0.3 is 9.84 Å². The number of rotatable bonds is 6. The van der Waals surface area contributed by atoms with Crippen molar-refractivity contribution in [1.29, 1.82) is 0 Å². The molecule has 5 nitrogen and oxygen atoms in total. The maximum atomic E-state index is 13.4. The van der Waals surface area contributed by atoms with E-state index in [1.807, 2.05) is 13.8 Å². The van der Waals surface area contributed by atoms with E-state index in [1.54, 1.807) is 0 Å². The van der Waals surface area contributed by atoms with Gasteiger partial charge in [-0.2, -0.15) is 13.2 Å². The van der Waals surface area contributed by atoms with Crippen LogP contribution in [0.3, 0.4) is 0 Å². The highest BCUT2D eigenvalue weighted by Gasteiger charge is 2.66. The summed E-state index contributed by atoms with van der Waals surface area (Å²) in [4.78, 5) is 37.6. The van der Waals surface area contributed by atoms with Crippen LogP contribution in [-0.4, -0.2) is 47.5 Å². The number of fused-ring (bicyclic) bond motifs is 5. The Morgan fingerprint density at radius 1 is 1.14 bits per heavy atom. The lowest BCUT2D eigenvalue weighted by molar-refractivity contribution is -0.249. The monoisotopic (exact) mass is 536 g/mol. The van der Waals surface area contributed by atoms with Crippen LogP contribution >= 0.6 is 0 Å². The second-order valence-corrected chi connectivity index (χ2v) is 12.5. The number of ketones is 2. The van der Waals surface area contributed by atoms with E-state index in [4.69, 9.17) is 0 Å². The van der Waals surface area contributed by atoms with Crippen molar-refractivity contribution in [3.05, 3.63) is 0 Å². The highest BCUT2D eigenvalue weighted by atomic mass is 19.4. The number of carbonyl (C=O) groups is 3. The summed E-state index contributed by atoms with van der Waals surface area (Å²) in [5, 5.41) is 11.5. The van der Waals surface area contributed by atoms with Gasteiger partial charge in [-0.3, -0.25) is 14.4 Å². The molecule has 4 aliphatic rings. The van der Waals surface area contributed by atoms with Crippen LogP contribution in [0.1, 0.15) is 78.6 Å². The molecule has 4 fully saturated rings. The molecule has 0 aromatic carbocycles. The van der Waals surface area contributed by atoms with Crippen molar-refractivity contribution < 1.29 is 46.2 Å². The Hall–Kier alpha value is -1.58. The zero-order chi connectivity index (χ0) is 27.5. The van der Waals surface area contributed by atoms with E-state index < -0.39 is 42.6 Å². The van der Waals surface area contributed by atoms with Crippen LogP contribution in [0.15, 0.2) is 0 Å². The van der Waals surface area contributed by atoms with Crippen molar-refractivity contribution in [1.82, 2.24) is 0 Å². The van der Waals surface area contributed by atoms with Gasteiger partial charge in [0.1, 0.15) is 11.6 Å². The SMILES string of the molecule is C[C@H](CCC(=O)OC(C(F)F)C(F)(F)F)[C@H]1CC[C@H]2[C@@H]3C(=O)C[C@@H]4CC(=O)CC[C@]4(C)[C@H]3CC(O)[C@]12C. The number of aliphatic hydroxyl groups excluding tert-OH is 1. The van der Waals surface area contributed by atoms with E-state index in [0.717, 1.165) is 12.8 Å². The standard InChI is InChI=1S/C27H37F5O5/c1-13(4-7-21(36)37-23(24(28)29)27(30,31)32)16-5-6-17-22-18(12-20(35)26(16,17)3)25(2)9-8-15(33)10-14(25)11-19(22)34/h13-14,16-18,20,22-24,35H,4-12H2,1-3H3/t13-,14+,16-,17+,18+,20?,22+,23?,25+,26-/m1/s1. The van der Waals surface area contributed by atoms with Crippen LogP contribution in [0.4, 0.5) is 22.0 Å². The Morgan fingerprint density at radius 2 is 1.81 bits per heavy atom. The molecule has 0 aliphatic heterocycles. The molecule has 0 saturated heterocycles. The first-order chi connectivity index (χ1) is 17.1. The van der Waals surface area contributed by atoms with E-state index in [0.29, 0.717) is 32.1 Å². The third kappa shape index (κ3) is 4.84. The number of alkyl halides is 5. The molecule has 2 unspecified atom stereocenters. The largest absolute Gasteiger partial charge is 0.446 e. The van der Waals surface area contributed by atoms with Gasteiger partial charge in [-0.15, -0.1) is 0 Å². The quantitative estimate of drug-likeness (QED) is 0.357. The smallest absolute Gasteiger partial charge is 0.431 e. The Balaban J connectivity index is 1.46. The maximum absolute atomic E-state index is 13.4. The van der Waals surface area contributed by atoms with Crippen molar-refractivity contribution in [2.24, 2.45) is 46.3 Å². The Kier molecular flexibility index (Phi) is 7.58. The average Bonchev–Trinajstić information content (AvgIpc) is 3.15. The molecule has 0 aromatic rings. The predicted octanol–water partition coefficient (Wildman–Crippen LogP) is 5.52. The van der Waals surface area contributed by atoms with E-state index in [-0.39, 0.29) is 58.9 Å². The molecule has 4 aliphatic carbocycles. The lowest BCUT2D eigenvalue weighted by atomic mass is 9.43. The fourth-order valence-electron chi connectivity index (χ4n) is 8.67. The summed E-state index contributed by atoms with van der Waals surface area (Å²) < 4.78 is 67.7. The Morgan fingerprint density at radius 3 is 2.43 bits per heavy atom. The van der Waals surface area contributed by atoms with Crippen LogP contribution in [0.5, 0.6) is 0 Å². The zero-order valence-electron chi connectivity index (χ0n) is 21.5. The van der Waals surface area contributed by atoms with E-state index in [2.05, 4.69) is 11.7 Å². The van der Waals surface area contributed by atoms with Gasteiger partial charge >= 0.3 is 12.1 Å². The van der Waals surface area contributed by atoms with Gasteiger partial charge in [0.25, 0.3) is 12.5 Å². The Labute approximate surface area is 213 Å². The number of esters is 1. The molecule has 10 heteroatoms. The summed E-state index contributed by atoms with van der Waals surface area (Å²) in [6.45, 7) is 6.00. The predicted molar refractivity (Wildman–Crippen MR) is 122 cm³/mol. The number of Topliss-reactive ketones (excluding diaryl/α,β-unsaturated/α-hetero) is 2. The van der Waals surface area contributed by atoms with Crippen LogP contribution in [-0.2, 0) is 19.1 Å². The number of halogens is 5. The second kappa shape index (κ2) is 9.87. The molecule has 210 valence electrons. The van der Waals surface area contributed by atoms with Crippen molar-refractivity contribution in [2.75, 3.05) is 0 Å². The minimum atomic E-state index is -5.35. The topological polar surface area (TPSA) is 80.7 Å². The maximum Gasteiger partial charge on any atom is 0.431 e.